The number of nitriles is 1. The first-order valence-corrected chi connectivity index (χ1v) is 10.5. The van der Waals surface area contributed by atoms with Gasteiger partial charge < -0.3 is 24.4 Å². The summed E-state index contributed by atoms with van der Waals surface area (Å²) < 4.78 is 17.2. The van der Waals surface area contributed by atoms with Crippen LogP contribution in [0.3, 0.4) is 0 Å². The third-order valence-electron chi connectivity index (χ3n) is 5.63. The average molecular weight is 412 g/mol. The van der Waals surface area contributed by atoms with E-state index in [4.69, 9.17) is 25.9 Å². The van der Waals surface area contributed by atoms with Crippen molar-refractivity contribution < 1.29 is 19.0 Å². The van der Waals surface area contributed by atoms with Crippen LogP contribution in [-0.2, 0) is 4.74 Å². The van der Waals surface area contributed by atoms with Crippen molar-refractivity contribution in [1.82, 2.24) is 10.2 Å². The van der Waals surface area contributed by atoms with Crippen molar-refractivity contribution in [2.45, 2.75) is 31.8 Å². The monoisotopic (exact) mass is 411 g/mol. The van der Waals surface area contributed by atoms with Gasteiger partial charge in [-0.3, -0.25) is 4.79 Å². The molecule has 0 saturated carbocycles. The van der Waals surface area contributed by atoms with Crippen LogP contribution in [0, 0.1) is 29.6 Å². The molecule has 1 amide bonds. The maximum atomic E-state index is 13.0. The van der Waals surface area contributed by atoms with Crippen LogP contribution in [0.15, 0.2) is 12.1 Å². The molecule has 1 aromatic carbocycles. The van der Waals surface area contributed by atoms with Crippen molar-refractivity contribution >= 4 is 5.91 Å². The van der Waals surface area contributed by atoms with E-state index in [9.17, 15) is 4.79 Å². The van der Waals surface area contributed by atoms with Gasteiger partial charge in [-0.15, -0.1) is 6.42 Å². The molecule has 0 spiro atoms. The number of unbranched alkanes of at least 4 members (excludes halogenated alkanes) is 1. The second-order valence-corrected chi connectivity index (χ2v) is 7.64. The second-order valence-electron chi connectivity index (χ2n) is 7.64. The van der Waals surface area contributed by atoms with Gasteiger partial charge in [0.2, 0.25) is 0 Å². The minimum absolute atomic E-state index is 0.0369. The molecular weight excluding hydrogens is 382 g/mol. The standard InChI is InChI=1S/C23H29N3O4/c1-3-17-13-19(22-20(14-17)29-11-6-12-30-22)23(27)25-15-18-7-10-26(9-5-4-8-24)16-21(18)28-2/h1,13-14,18,21H,4-7,9-12,15-16H2,2H3,(H,25,27). The van der Waals surface area contributed by atoms with Gasteiger partial charge in [-0.2, -0.15) is 5.26 Å². The molecule has 2 aliphatic rings. The van der Waals surface area contributed by atoms with E-state index in [0.717, 1.165) is 38.9 Å². The van der Waals surface area contributed by atoms with E-state index in [2.05, 4.69) is 22.2 Å². The summed E-state index contributed by atoms with van der Waals surface area (Å²) >= 11 is 0. The Bertz CT molecular complexity index is 827. The average Bonchev–Trinajstić information content (AvgIpc) is 3.02. The Kier molecular flexibility index (Phi) is 7.96. The molecule has 30 heavy (non-hydrogen) atoms. The Morgan fingerprint density at radius 1 is 1.40 bits per heavy atom. The fourth-order valence-corrected chi connectivity index (χ4v) is 3.96. The number of ether oxygens (including phenoxy) is 3. The molecule has 2 aliphatic heterocycles. The number of rotatable bonds is 7. The first kappa shape index (κ1) is 22.0. The van der Waals surface area contributed by atoms with E-state index in [1.807, 2.05) is 0 Å². The number of likely N-dealkylation sites (tertiary alicyclic amines) is 1. The van der Waals surface area contributed by atoms with Crippen LogP contribution in [0.25, 0.3) is 0 Å². The first-order chi connectivity index (χ1) is 14.7. The minimum Gasteiger partial charge on any atom is -0.489 e. The molecule has 2 atom stereocenters. The maximum absolute atomic E-state index is 13.0. The molecule has 1 N–H and O–H groups in total. The number of methoxy groups -OCH3 is 1. The van der Waals surface area contributed by atoms with Gasteiger partial charge in [0.25, 0.3) is 5.91 Å². The highest BCUT2D eigenvalue weighted by Crippen LogP contribution is 2.35. The summed E-state index contributed by atoms with van der Waals surface area (Å²) in [6, 6.07) is 5.60. The number of hydrogen-bond donors (Lipinski definition) is 1. The Balaban J connectivity index is 1.63. The summed E-state index contributed by atoms with van der Waals surface area (Å²) in [7, 11) is 1.71. The van der Waals surface area contributed by atoms with Crippen molar-refractivity contribution in [1.29, 1.82) is 5.26 Å². The zero-order chi connectivity index (χ0) is 21.3. The Morgan fingerprint density at radius 3 is 3.00 bits per heavy atom. The van der Waals surface area contributed by atoms with E-state index in [-0.39, 0.29) is 17.9 Å². The number of benzene rings is 1. The molecule has 0 radical (unpaired) electrons. The van der Waals surface area contributed by atoms with Crippen LogP contribution >= 0.6 is 0 Å². The van der Waals surface area contributed by atoms with E-state index >= 15 is 0 Å². The second kappa shape index (κ2) is 10.9. The summed E-state index contributed by atoms with van der Waals surface area (Å²) in [5, 5.41) is 11.8. The largest absolute Gasteiger partial charge is 0.489 e. The predicted molar refractivity (Wildman–Crippen MR) is 113 cm³/mol. The SMILES string of the molecule is C#Cc1cc2c(c(C(=O)NCC3CCN(CCCC#N)CC3OC)c1)OCCCO2. The molecule has 3 rings (SSSR count). The zero-order valence-electron chi connectivity index (χ0n) is 17.5. The lowest BCUT2D eigenvalue weighted by Crippen LogP contribution is -2.48. The highest BCUT2D eigenvalue weighted by atomic mass is 16.5. The Morgan fingerprint density at radius 2 is 2.23 bits per heavy atom. The molecule has 7 nitrogen and oxygen atoms in total. The molecule has 2 unspecified atom stereocenters. The number of nitrogens with one attached hydrogen (secondary N) is 1. The molecule has 160 valence electrons. The van der Waals surface area contributed by atoms with Gasteiger partial charge in [0.05, 0.1) is 31.0 Å². The fourth-order valence-electron chi connectivity index (χ4n) is 3.96. The molecular formula is C23H29N3O4. The van der Waals surface area contributed by atoms with Crippen LogP contribution in [0.5, 0.6) is 11.5 Å². The molecule has 0 aromatic heterocycles. The highest BCUT2D eigenvalue weighted by Gasteiger charge is 2.30. The number of carbonyl (C=O) groups is 1. The summed E-state index contributed by atoms with van der Waals surface area (Å²) in [5.41, 5.74) is 0.995. The topological polar surface area (TPSA) is 83.8 Å². The predicted octanol–water partition coefficient (Wildman–Crippen LogP) is 2.20. The van der Waals surface area contributed by atoms with Gasteiger partial charge in [-0.05, 0) is 38.1 Å². The van der Waals surface area contributed by atoms with Crippen molar-refractivity contribution in [3.63, 3.8) is 0 Å². The van der Waals surface area contributed by atoms with Gasteiger partial charge in [-0.25, -0.2) is 0 Å². The van der Waals surface area contributed by atoms with Crippen LogP contribution in [0.1, 0.15) is 41.6 Å². The van der Waals surface area contributed by atoms with Gasteiger partial charge in [-0.1, -0.05) is 5.92 Å². The fraction of sp³-hybridized carbons (Fsp3) is 0.565. The Hall–Kier alpha value is -2.74. The number of hydrogen-bond acceptors (Lipinski definition) is 6. The molecule has 7 heteroatoms. The molecule has 1 saturated heterocycles. The zero-order valence-corrected chi connectivity index (χ0v) is 17.5. The normalized spacial score (nSPS) is 21.2. The van der Waals surface area contributed by atoms with Crippen LogP contribution in [0.4, 0.5) is 0 Å². The lowest BCUT2D eigenvalue weighted by Gasteiger charge is -2.37. The number of terminal acetylenes is 1. The third-order valence-corrected chi connectivity index (χ3v) is 5.63. The van der Waals surface area contributed by atoms with Crippen molar-refractivity contribution in [3.8, 4) is 29.9 Å². The van der Waals surface area contributed by atoms with Crippen LogP contribution < -0.4 is 14.8 Å². The molecule has 1 aromatic rings. The Labute approximate surface area is 178 Å². The first-order valence-electron chi connectivity index (χ1n) is 10.5. The molecule has 0 aliphatic carbocycles. The number of nitrogens with zero attached hydrogens (tertiary/aromatic N) is 2. The minimum atomic E-state index is -0.222. The smallest absolute Gasteiger partial charge is 0.255 e. The lowest BCUT2D eigenvalue weighted by atomic mass is 9.93. The molecule has 1 fully saturated rings. The van der Waals surface area contributed by atoms with E-state index in [0.29, 0.717) is 48.8 Å². The molecule has 2 heterocycles. The lowest BCUT2D eigenvalue weighted by molar-refractivity contribution is -0.0105. The van der Waals surface area contributed by atoms with Crippen LogP contribution in [0.2, 0.25) is 0 Å². The van der Waals surface area contributed by atoms with E-state index in [1.165, 1.54) is 0 Å². The van der Waals surface area contributed by atoms with Gasteiger partial charge in [0.1, 0.15) is 0 Å². The molecule has 0 bridgehead atoms. The summed E-state index contributed by atoms with van der Waals surface area (Å²) in [6.45, 7) is 4.18. The van der Waals surface area contributed by atoms with Crippen molar-refractivity contribution in [3.05, 3.63) is 23.3 Å². The van der Waals surface area contributed by atoms with Gasteiger partial charge >= 0.3 is 0 Å². The van der Waals surface area contributed by atoms with E-state index in [1.54, 1.807) is 19.2 Å². The maximum Gasteiger partial charge on any atom is 0.255 e. The van der Waals surface area contributed by atoms with Crippen molar-refractivity contribution in [2.24, 2.45) is 5.92 Å². The van der Waals surface area contributed by atoms with E-state index < -0.39 is 0 Å². The number of piperidine rings is 1. The number of fused-ring (bicyclic) bond motifs is 1. The quantitative estimate of drug-likeness (QED) is 0.547. The number of amides is 1. The summed E-state index contributed by atoms with van der Waals surface area (Å²) in [4.78, 5) is 15.3. The number of carbonyl (C=O) groups excluding carboxylic acids is 1. The van der Waals surface area contributed by atoms with Gasteiger partial charge in [0, 0.05) is 44.5 Å². The van der Waals surface area contributed by atoms with Crippen LogP contribution in [-0.4, -0.2) is 63.4 Å². The highest BCUT2D eigenvalue weighted by molar-refractivity contribution is 5.98. The summed E-state index contributed by atoms with van der Waals surface area (Å²) in [5.74, 6) is 3.56. The third kappa shape index (κ3) is 5.44. The summed E-state index contributed by atoms with van der Waals surface area (Å²) in [6.07, 6.45) is 8.71. The van der Waals surface area contributed by atoms with Crippen molar-refractivity contribution in [2.75, 3.05) is 46.5 Å². The van der Waals surface area contributed by atoms with Gasteiger partial charge in [0.15, 0.2) is 11.5 Å².